The molecule has 4 rings (SSSR count). The predicted molar refractivity (Wildman–Crippen MR) is 132 cm³/mol. The highest BCUT2D eigenvalue weighted by molar-refractivity contribution is 5.91. The normalized spacial score (nSPS) is 16.7. The summed E-state index contributed by atoms with van der Waals surface area (Å²) < 4.78 is 8.68. The number of rotatable bonds is 8. The lowest BCUT2D eigenvalue weighted by Gasteiger charge is -2.25. The number of nitrogens with one attached hydrogen (secondary N) is 3. The minimum Gasteiger partial charge on any atom is -0.383 e. The molecule has 0 saturated carbocycles. The summed E-state index contributed by atoms with van der Waals surface area (Å²) in [5, 5.41) is 17.8. The largest absolute Gasteiger partial charge is 0.383 e. The molecular weight excluding hydrogens is 448 g/mol. The number of aryl methyl sites for hydroxylation is 1. The van der Waals surface area contributed by atoms with Crippen LogP contribution in [0.4, 0.5) is 10.6 Å². The summed E-state index contributed by atoms with van der Waals surface area (Å²) in [5.41, 5.74) is 3.29. The van der Waals surface area contributed by atoms with Crippen molar-refractivity contribution in [3.8, 4) is 16.9 Å². The summed E-state index contributed by atoms with van der Waals surface area (Å²) in [6.07, 6.45) is 4.39. The number of aromatic nitrogens is 4. The van der Waals surface area contributed by atoms with Gasteiger partial charge in [0.25, 0.3) is 0 Å². The van der Waals surface area contributed by atoms with Gasteiger partial charge in [-0.3, -0.25) is 19.7 Å². The second-order valence-electron chi connectivity index (χ2n) is 8.64. The molecule has 3 aromatic rings. The molecule has 3 N–H and O–H groups in total. The molecule has 186 valence electrons. The van der Waals surface area contributed by atoms with Crippen molar-refractivity contribution < 1.29 is 14.3 Å². The van der Waals surface area contributed by atoms with Gasteiger partial charge in [0.05, 0.1) is 18.5 Å². The van der Waals surface area contributed by atoms with Gasteiger partial charge in [0, 0.05) is 57.7 Å². The van der Waals surface area contributed by atoms with Crippen molar-refractivity contribution in [3.63, 3.8) is 0 Å². The number of anilines is 1. The highest BCUT2D eigenvalue weighted by Gasteiger charge is 2.33. The number of hydrogen-bond donors (Lipinski definition) is 3. The minimum absolute atomic E-state index is 0.0924. The zero-order valence-electron chi connectivity index (χ0n) is 20.5. The molecule has 0 bridgehead atoms. The van der Waals surface area contributed by atoms with Gasteiger partial charge in [0.1, 0.15) is 17.6 Å². The highest BCUT2D eigenvalue weighted by Crippen LogP contribution is 2.30. The van der Waals surface area contributed by atoms with Gasteiger partial charge in [-0.2, -0.15) is 10.2 Å². The first-order valence-corrected chi connectivity index (χ1v) is 11.6. The number of methoxy groups -OCH3 is 1. The number of benzene rings is 1. The number of likely N-dealkylation sites (N-methyl/N-ethyl adjacent to an activating group) is 1. The first kappa shape index (κ1) is 24.4. The third kappa shape index (κ3) is 5.36. The average Bonchev–Trinajstić information content (AvgIpc) is 3.57. The van der Waals surface area contributed by atoms with E-state index in [1.165, 1.54) is 0 Å². The van der Waals surface area contributed by atoms with E-state index in [4.69, 9.17) is 9.84 Å². The summed E-state index contributed by atoms with van der Waals surface area (Å²) in [4.78, 5) is 27.3. The van der Waals surface area contributed by atoms with Gasteiger partial charge < -0.3 is 15.4 Å². The average molecular weight is 481 g/mol. The van der Waals surface area contributed by atoms with Gasteiger partial charge in [-0.1, -0.05) is 18.2 Å². The summed E-state index contributed by atoms with van der Waals surface area (Å²) in [7, 11) is 5.04. The van der Waals surface area contributed by atoms with Crippen LogP contribution < -0.4 is 16.0 Å². The predicted octanol–water partition coefficient (Wildman–Crippen LogP) is 1.54. The first-order chi connectivity index (χ1) is 16.9. The van der Waals surface area contributed by atoms with E-state index in [-0.39, 0.29) is 24.0 Å². The first-order valence-electron chi connectivity index (χ1n) is 11.6. The van der Waals surface area contributed by atoms with Crippen molar-refractivity contribution in [3.05, 3.63) is 48.3 Å². The lowest BCUT2D eigenvalue weighted by atomic mass is 10.1. The Morgan fingerprint density at radius 3 is 2.69 bits per heavy atom. The fraction of sp³-hybridized carbons (Fsp3) is 0.417. The Morgan fingerprint density at radius 2 is 2.03 bits per heavy atom. The molecule has 11 heteroatoms. The molecule has 0 aliphatic carbocycles. The fourth-order valence-corrected chi connectivity index (χ4v) is 4.41. The van der Waals surface area contributed by atoms with E-state index in [1.54, 1.807) is 29.7 Å². The zero-order chi connectivity index (χ0) is 24.9. The topological polar surface area (TPSA) is 118 Å². The molecule has 2 atom stereocenters. The number of para-hydroxylation sites is 1. The van der Waals surface area contributed by atoms with Crippen LogP contribution in [-0.4, -0.2) is 82.3 Å². The van der Waals surface area contributed by atoms with E-state index in [0.29, 0.717) is 25.5 Å². The van der Waals surface area contributed by atoms with Crippen molar-refractivity contribution in [2.24, 2.45) is 7.05 Å². The van der Waals surface area contributed by atoms with Crippen LogP contribution in [0.5, 0.6) is 0 Å². The van der Waals surface area contributed by atoms with E-state index in [2.05, 4.69) is 21.0 Å². The SMILES string of the molecule is CNC(=O)C(COC)N1CC[C@H](NC(=O)Nc2c(C)c(-c3cnn(C)c3)nn2-c2ccccc2)C1. The molecule has 35 heavy (non-hydrogen) atoms. The van der Waals surface area contributed by atoms with Crippen LogP contribution in [0, 0.1) is 6.92 Å². The number of carbonyl (C=O) groups excluding carboxylic acids is 2. The smallest absolute Gasteiger partial charge is 0.320 e. The van der Waals surface area contributed by atoms with E-state index >= 15 is 0 Å². The van der Waals surface area contributed by atoms with Gasteiger partial charge in [-0.05, 0) is 25.5 Å². The van der Waals surface area contributed by atoms with Crippen LogP contribution >= 0.6 is 0 Å². The number of nitrogens with zero attached hydrogens (tertiary/aromatic N) is 5. The van der Waals surface area contributed by atoms with Crippen molar-refractivity contribution in [2.45, 2.75) is 25.4 Å². The van der Waals surface area contributed by atoms with Gasteiger partial charge in [0.15, 0.2) is 0 Å². The second kappa shape index (κ2) is 10.7. The van der Waals surface area contributed by atoms with Crippen LogP contribution in [0.15, 0.2) is 42.7 Å². The van der Waals surface area contributed by atoms with Gasteiger partial charge >= 0.3 is 6.03 Å². The molecule has 11 nitrogen and oxygen atoms in total. The standard InChI is InChI=1S/C24H32N8O3/c1-16-21(17-12-26-30(3)13-17)29-32(19-8-6-5-7-9-19)22(16)28-24(34)27-18-10-11-31(14-18)20(15-35-4)23(33)25-2/h5-9,12-13,18,20H,10-11,14-15H2,1-4H3,(H,25,33)(H2,27,28,34)/t18-,20?/m0/s1. The second-order valence-corrected chi connectivity index (χ2v) is 8.64. The Kier molecular flexibility index (Phi) is 7.47. The number of amides is 3. The molecule has 3 amide bonds. The number of hydrogen-bond acceptors (Lipinski definition) is 6. The Balaban J connectivity index is 1.51. The van der Waals surface area contributed by atoms with Crippen LogP contribution in [-0.2, 0) is 16.6 Å². The highest BCUT2D eigenvalue weighted by atomic mass is 16.5. The fourth-order valence-electron chi connectivity index (χ4n) is 4.41. The van der Waals surface area contributed by atoms with Gasteiger partial charge in [0.2, 0.25) is 5.91 Å². The number of ether oxygens (including phenoxy) is 1. The molecule has 1 saturated heterocycles. The third-order valence-electron chi connectivity index (χ3n) is 6.20. The van der Waals surface area contributed by atoms with Crippen molar-refractivity contribution in [2.75, 3.05) is 39.2 Å². The van der Waals surface area contributed by atoms with Crippen LogP contribution in [0.3, 0.4) is 0 Å². The van der Waals surface area contributed by atoms with Gasteiger partial charge in [-0.25, -0.2) is 9.48 Å². The maximum Gasteiger partial charge on any atom is 0.320 e. The number of likely N-dealkylation sites (tertiary alicyclic amines) is 1. The monoisotopic (exact) mass is 480 g/mol. The Hall–Kier alpha value is -3.70. The maximum absolute atomic E-state index is 13.0. The molecule has 1 unspecified atom stereocenters. The summed E-state index contributed by atoms with van der Waals surface area (Å²) in [6, 6.07) is 8.86. The molecule has 1 fully saturated rings. The van der Waals surface area contributed by atoms with Crippen molar-refractivity contribution in [1.82, 2.24) is 35.1 Å². The molecule has 3 heterocycles. The summed E-state index contributed by atoms with van der Waals surface area (Å²) in [6.45, 7) is 3.48. The van der Waals surface area contributed by atoms with E-state index < -0.39 is 0 Å². The van der Waals surface area contributed by atoms with E-state index in [1.807, 2.05) is 55.4 Å². The van der Waals surface area contributed by atoms with Crippen molar-refractivity contribution >= 4 is 17.8 Å². The van der Waals surface area contributed by atoms with Crippen LogP contribution in [0.25, 0.3) is 16.9 Å². The van der Waals surface area contributed by atoms with E-state index in [0.717, 1.165) is 28.9 Å². The van der Waals surface area contributed by atoms with E-state index in [9.17, 15) is 9.59 Å². The third-order valence-corrected chi connectivity index (χ3v) is 6.20. The molecule has 1 aliphatic heterocycles. The van der Waals surface area contributed by atoms with Gasteiger partial charge in [-0.15, -0.1) is 0 Å². The minimum atomic E-state index is -0.386. The molecule has 1 aromatic carbocycles. The molecule has 0 radical (unpaired) electrons. The zero-order valence-corrected chi connectivity index (χ0v) is 20.5. The number of carbonyl (C=O) groups is 2. The Morgan fingerprint density at radius 1 is 1.26 bits per heavy atom. The molecule has 2 aromatic heterocycles. The summed E-state index contributed by atoms with van der Waals surface area (Å²) in [5.74, 6) is 0.493. The maximum atomic E-state index is 13.0. The lowest BCUT2D eigenvalue weighted by molar-refractivity contribution is -0.127. The Labute approximate surface area is 204 Å². The molecule has 1 aliphatic rings. The lowest BCUT2D eigenvalue weighted by Crippen LogP contribution is -2.49. The van der Waals surface area contributed by atoms with Crippen molar-refractivity contribution in [1.29, 1.82) is 0 Å². The van der Waals surface area contributed by atoms with Crippen LogP contribution in [0.2, 0.25) is 0 Å². The number of urea groups is 1. The Bertz CT molecular complexity index is 1170. The molecule has 0 spiro atoms. The quantitative estimate of drug-likeness (QED) is 0.450. The summed E-state index contributed by atoms with van der Waals surface area (Å²) >= 11 is 0. The molecular formula is C24H32N8O3. The van der Waals surface area contributed by atoms with Crippen LogP contribution in [0.1, 0.15) is 12.0 Å².